The highest BCUT2D eigenvalue weighted by Crippen LogP contribution is 2.46. The van der Waals surface area contributed by atoms with Gasteiger partial charge in [-0.25, -0.2) is 0 Å². The van der Waals surface area contributed by atoms with E-state index in [0.717, 1.165) is 0 Å². The summed E-state index contributed by atoms with van der Waals surface area (Å²) in [4.78, 5) is 0. The zero-order valence-corrected chi connectivity index (χ0v) is 21.2. The van der Waals surface area contributed by atoms with Crippen molar-refractivity contribution in [3.05, 3.63) is 140 Å². The largest absolute Gasteiger partial charge is 0.308 e. The first-order valence-electron chi connectivity index (χ1n) is 13.5. The molecule has 0 spiro atoms. The maximum Gasteiger partial charge on any atom is 0.0620 e. The quantitative estimate of drug-likeness (QED) is 0.226. The van der Waals surface area contributed by atoms with Crippen LogP contribution in [0.1, 0.15) is 0 Å². The van der Waals surface area contributed by atoms with Gasteiger partial charge < -0.3 is 4.40 Å². The summed E-state index contributed by atoms with van der Waals surface area (Å²) in [5, 5.41) is 10.4. The summed E-state index contributed by atoms with van der Waals surface area (Å²) < 4.78 is 2.50. The van der Waals surface area contributed by atoms with E-state index in [0.29, 0.717) is 0 Å². The Labute approximate surface area is 225 Å². The van der Waals surface area contributed by atoms with Gasteiger partial charge >= 0.3 is 0 Å². The number of hydrogen-bond donors (Lipinski definition) is 0. The number of rotatable bonds is 2. The lowest BCUT2D eigenvalue weighted by atomic mass is 9.93. The number of hydrogen-bond acceptors (Lipinski definition) is 0. The van der Waals surface area contributed by atoms with Crippen molar-refractivity contribution >= 4 is 59.6 Å². The van der Waals surface area contributed by atoms with E-state index in [2.05, 4.69) is 144 Å². The second kappa shape index (κ2) is 7.69. The van der Waals surface area contributed by atoms with Gasteiger partial charge in [0.2, 0.25) is 0 Å². The van der Waals surface area contributed by atoms with E-state index in [-0.39, 0.29) is 0 Å². The first kappa shape index (κ1) is 20.9. The summed E-state index contributed by atoms with van der Waals surface area (Å²) in [7, 11) is 0. The molecule has 2 aromatic heterocycles. The van der Waals surface area contributed by atoms with Gasteiger partial charge in [-0.2, -0.15) is 0 Å². The molecule has 2 heterocycles. The molecule has 0 saturated carbocycles. The fraction of sp³-hybridized carbons (Fsp3) is 0. The normalized spacial score (nSPS) is 12.1. The molecular formula is C38H23N. The van der Waals surface area contributed by atoms with Gasteiger partial charge in [0.1, 0.15) is 0 Å². The molecule has 0 radical (unpaired) electrons. The Hall–Kier alpha value is -5.14. The molecule has 0 fully saturated rings. The van der Waals surface area contributed by atoms with Gasteiger partial charge in [0.05, 0.1) is 16.6 Å². The van der Waals surface area contributed by atoms with Crippen LogP contribution in [0.25, 0.3) is 81.9 Å². The number of para-hydroxylation sites is 1. The van der Waals surface area contributed by atoms with Crippen molar-refractivity contribution in [2.45, 2.75) is 0 Å². The molecular weight excluding hydrogens is 470 g/mol. The van der Waals surface area contributed by atoms with Crippen LogP contribution in [-0.2, 0) is 0 Å². The molecule has 0 aliphatic heterocycles. The van der Waals surface area contributed by atoms with Gasteiger partial charge in [0.25, 0.3) is 0 Å². The van der Waals surface area contributed by atoms with Crippen molar-refractivity contribution in [1.29, 1.82) is 0 Å². The Bertz CT molecular complexity index is 2210. The summed E-state index contributed by atoms with van der Waals surface area (Å²) in [6, 6.07) is 51.1. The first-order chi connectivity index (χ1) is 19.4. The van der Waals surface area contributed by atoms with E-state index in [4.69, 9.17) is 0 Å². The highest BCUT2D eigenvalue weighted by molar-refractivity contribution is 6.29. The average Bonchev–Trinajstić information content (AvgIpc) is 3.53. The molecule has 7 aromatic carbocycles. The summed E-state index contributed by atoms with van der Waals surface area (Å²) in [5.41, 5.74) is 8.98. The molecule has 0 N–H and O–H groups in total. The minimum atomic E-state index is 1.26. The van der Waals surface area contributed by atoms with Gasteiger partial charge in [0, 0.05) is 21.5 Å². The summed E-state index contributed by atoms with van der Waals surface area (Å²) >= 11 is 0. The maximum atomic E-state index is 2.50. The summed E-state index contributed by atoms with van der Waals surface area (Å²) in [6.07, 6.45) is 0. The molecule has 0 atom stereocenters. The molecule has 9 rings (SSSR count). The first-order valence-corrected chi connectivity index (χ1v) is 13.5. The van der Waals surface area contributed by atoms with Crippen LogP contribution in [0.15, 0.2) is 140 Å². The van der Waals surface area contributed by atoms with Crippen LogP contribution >= 0.6 is 0 Å². The summed E-state index contributed by atoms with van der Waals surface area (Å²) in [5.74, 6) is 0. The number of fused-ring (bicyclic) bond motifs is 8. The van der Waals surface area contributed by atoms with Crippen LogP contribution in [0.3, 0.4) is 0 Å². The van der Waals surface area contributed by atoms with Gasteiger partial charge in [-0.15, -0.1) is 0 Å². The number of benzene rings is 7. The molecule has 0 amide bonds. The predicted octanol–water partition coefficient (Wildman–Crippen LogP) is 10.5. The lowest BCUT2D eigenvalue weighted by molar-refractivity contribution is 1.37. The van der Waals surface area contributed by atoms with Gasteiger partial charge in [-0.05, 0) is 55.9 Å². The molecule has 180 valence electrons. The average molecular weight is 494 g/mol. The third-order valence-electron chi connectivity index (χ3n) is 8.52. The second-order valence-corrected chi connectivity index (χ2v) is 10.5. The van der Waals surface area contributed by atoms with Crippen LogP contribution in [0.4, 0.5) is 0 Å². The van der Waals surface area contributed by atoms with Crippen molar-refractivity contribution in [3.8, 4) is 22.3 Å². The van der Waals surface area contributed by atoms with Crippen LogP contribution < -0.4 is 0 Å². The monoisotopic (exact) mass is 493 g/mol. The van der Waals surface area contributed by atoms with Crippen molar-refractivity contribution in [1.82, 2.24) is 4.40 Å². The Morgan fingerprint density at radius 2 is 0.692 bits per heavy atom. The molecule has 1 heteroatoms. The van der Waals surface area contributed by atoms with Crippen molar-refractivity contribution < 1.29 is 0 Å². The highest BCUT2D eigenvalue weighted by Gasteiger charge is 2.22. The van der Waals surface area contributed by atoms with Gasteiger partial charge in [-0.3, -0.25) is 0 Å². The SMILES string of the molecule is c1ccc2c(-c3cccc4c3c3cccc5c6c(-c7cccc8ccccc78)cccc6n4c35)cccc2c1. The van der Waals surface area contributed by atoms with E-state index in [9.17, 15) is 0 Å². The van der Waals surface area contributed by atoms with E-state index < -0.39 is 0 Å². The van der Waals surface area contributed by atoms with Gasteiger partial charge in [0.15, 0.2) is 0 Å². The van der Waals surface area contributed by atoms with Crippen molar-refractivity contribution in [2.24, 2.45) is 0 Å². The Balaban J connectivity index is 1.44. The van der Waals surface area contributed by atoms with Crippen LogP contribution in [-0.4, -0.2) is 4.40 Å². The lowest BCUT2D eigenvalue weighted by Gasteiger charge is -2.11. The number of aromatic nitrogens is 1. The minimum Gasteiger partial charge on any atom is -0.308 e. The maximum absolute atomic E-state index is 2.50. The molecule has 0 aliphatic carbocycles. The lowest BCUT2D eigenvalue weighted by Crippen LogP contribution is -1.86. The van der Waals surface area contributed by atoms with Crippen LogP contribution in [0, 0.1) is 0 Å². The molecule has 0 unspecified atom stereocenters. The highest BCUT2D eigenvalue weighted by atomic mass is 14.9. The molecule has 0 aliphatic rings. The van der Waals surface area contributed by atoms with Gasteiger partial charge in [-0.1, -0.05) is 127 Å². The molecule has 1 nitrogen and oxygen atoms in total. The van der Waals surface area contributed by atoms with E-state index >= 15 is 0 Å². The number of nitrogens with zero attached hydrogens (tertiary/aromatic N) is 1. The predicted molar refractivity (Wildman–Crippen MR) is 167 cm³/mol. The zero-order chi connectivity index (χ0) is 25.5. The Morgan fingerprint density at radius 3 is 1.23 bits per heavy atom. The fourth-order valence-corrected chi connectivity index (χ4v) is 6.95. The van der Waals surface area contributed by atoms with E-state index in [1.54, 1.807) is 0 Å². The molecule has 0 bridgehead atoms. The second-order valence-electron chi connectivity index (χ2n) is 10.5. The molecule has 39 heavy (non-hydrogen) atoms. The van der Waals surface area contributed by atoms with E-state index in [1.165, 1.54) is 81.9 Å². The third-order valence-corrected chi connectivity index (χ3v) is 8.52. The minimum absolute atomic E-state index is 1.26. The standard InChI is InChI=1S/C38H23N/c1-3-14-26-24(10-1)12-5-16-28(26)30-18-8-22-34-36(30)32-20-7-21-33-37-31(19-9-23-35(37)39(34)38(32)33)29-17-6-13-25-11-2-4-15-27(25)29/h1-23H. The van der Waals surface area contributed by atoms with Crippen LogP contribution in [0.5, 0.6) is 0 Å². The molecule has 0 saturated heterocycles. The van der Waals surface area contributed by atoms with Crippen molar-refractivity contribution in [3.63, 3.8) is 0 Å². The Morgan fingerprint density at radius 1 is 0.308 bits per heavy atom. The summed E-state index contributed by atoms with van der Waals surface area (Å²) in [6.45, 7) is 0. The molecule has 9 aromatic rings. The topological polar surface area (TPSA) is 4.41 Å². The van der Waals surface area contributed by atoms with Crippen LogP contribution in [0.2, 0.25) is 0 Å². The Kier molecular flexibility index (Phi) is 4.11. The van der Waals surface area contributed by atoms with Crippen molar-refractivity contribution in [2.75, 3.05) is 0 Å². The smallest absolute Gasteiger partial charge is 0.0620 e. The third kappa shape index (κ3) is 2.74. The fourth-order valence-electron chi connectivity index (χ4n) is 6.95. The zero-order valence-electron chi connectivity index (χ0n) is 21.2. The van der Waals surface area contributed by atoms with E-state index in [1.807, 2.05) is 0 Å².